The summed E-state index contributed by atoms with van der Waals surface area (Å²) in [5.74, 6) is 0.253. The van der Waals surface area contributed by atoms with Crippen molar-refractivity contribution in [2.45, 2.75) is 20.8 Å². The minimum atomic E-state index is -0.589. The average Bonchev–Trinajstić information content (AvgIpc) is 2.79. The van der Waals surface area contributed by atoms with E-state index in [-0.39, 0.29) is 19.1 Å². The third-order valence-electron chi connectivity index (χ3n) is 5.40. The van der Waals surface area contributed by atoms with Gasteiger partial charge in [-0.15, -0.1) is 0 Å². The second-order valence-corrected chi connectivity index (χ2v) is 7.42. The molecule has 0 atom stereocenters. The summed E-state index contributed by atoms with van der Waals surface area (Å²) in [6, 6.07) is 13.4. The number of ether oxygens (including phenoxy) is 3. The highest BCUT2D eigenvalue weighted by Crippen LogP contribution is 2.26. The topological polar surface area (TPSA) is 68.3 Å². The molecule has 2 aromatic rings. The molecule has 0 saturated carbocycles. The minimum absolute atomic E-state index is 0.191. The molecule has 1 fully saturated rings. The molecule has 0 N–H and O–H groups in total. The van der Waals surface area contributed by atoms with E-state index in [9.17, 15) is 9.59 Å². The second kappa shape index (κ2) is 10.7. The van der Waals surface area contributed by atoms with Crippen molar-refractivity contribution < 1.29 is 23.8 Å². The van der Waals surface area contributed by atoms with Crippen LogP contribution in [-0.2, 0) is 14.3 Å². The van der Waals surface area contributed by atoms with Gasteiger partial charge in [0.25, 0.3) is 5.91 Å². The Morgan fingerprint density at radius 1 is 0.871 bits per heavy atom. The maximum Gasteiger partial charge on any atom is 0.344 e. The molecule has 3 rings (SSSR count). The number of amides is 1. The molecule has 0 bridgehead atoms. The van der Waals surface area contributed by atoms with E-state index < -0.39 is 5.97 Å². The number of carbonyl (C=O) groups excluding carboxylic acids is 2. The molecule has 1 aliphatic heterocycles. The van der Waals surface area contributed by atoms with Crippen LogP contribution in [0.4, 0.5) is 5.69 Å². The lowest BCUT2D eigenvalue weighted by Crippen LogP contribution is -2.50. The van der Waals surface area contributed by atoms with Crippen molar-refractivity contribution in [3.8, 4) is 11.5 Å². The number of piperazine rings is 1. The molecule has 1 heterocycles. The molecule has 2 aromatic carbocycles. The van der Waals surface area contributed by atoms with E-state index in [1.165, 1.54) is 16.8 Å². The third kappa shape index (κ3) is 5.90. The van der Waals surface area contributed by atoms with Gasteiger partial charge < -0.3 is 24.0 Å². The van der Waals surface area contributed by atoms with E-state index in [2.05, 4.69) is 36.9 Å². The Balaban J connectivity index is 1.42. The van der Waals surface area contributed by atoms with E-state index in [1.54, 1.807) is 23.1 Å². The predicted molar refractivity (Wildman–Crippen MR) is 119 cm³/mol. The average molecular weight is 427 g/mol. The highest BCUT2D eigenvalue weighted by atomic mass is 16.6. The molecule has 0 radical (unpaired) electrons. The van der Waals surface area contributed by atoms with Crippen molar-refractivity contribution in [3.63, 3.8) is 0 Å². The summed E-state index contributed by atoms with van der Waals surface area (Å²) in [6.07, 6.45) is 0. The first-order valence-corrected chi connectivity index (χ1v) is 10.6. The van der Waals surface area contributed by atoms with Crippen LogP contribution >= 0.6 is 0 Å². The van der Waals surface area contributed by atoms with Crippen molar-refractivity contribution >= 4 is 17.6 Å². The minimum Gasteiger partial charge on any atom is -0.490 e. The van der Waals surface area contributed by atoms with Crippen LogP contribution in [0, 0.1) is 13.8 Å². The van der Waals surface area contributed by atoms with Gasteiger partial charge in [-0.05, 0) is 50.1 Å². The summed E-state index contributed by atoms with van der Waals surface area (Å²) < 4.78 is 16.1. The van der Waals surface area contributed by atoms with Crippen molar-refractivity contribution in [2.24, 2.45) is 0 Å². The fraction of sp³-hybridized carbons (Fsp3) is 0.417. The second-order valence-electron chi connectivity index (χ2n) is 7.42. The Labute approximate surface area is 183 Å². The quantitative estimate of drug-likeness (QED) is 0.605. The van der Waals surface area contributed by atoms with Crippen LogP contribution in [0.3, 0.4) is 0 Å². The van der Waals surface area contributed by atoms with Crippen molar-refractivity contribution in [3.05, 3.63) is 53.6 Å². The molecule has 31 heavy (non-hydrogen) atoms. The zero-order valence-corrected chi connectivity index (χ0v) is 18.4. The third-order valence-corrected chi connectivity index (χ3v) is 5.40. The molecule has 0 aromatic heterocycles. The molecule has 0 aliphatic carbocycles. The normalized spacial score (nSPS) is 13.6. The van der Waals surface area contributed by atoms with Gasteiger partial charge >= 0.3 is 5.97 Å². The lowest BCUT2D eigenvalue weighted by molar-refractivity contribution is -0.153. The fourth-order valence-electron chi connectivity index (χ4n) is 3.53. The molecule has 7 nitrogen and oxygen atoms in total. The van der Waals surface area contributed by atoms with Crippen LogP contribution in [0.15, 0.2) is 42.5 Å². The number of carbonyl (C=O) groups is 2. The van der Waals surface area contributed by atoms with Gasteiger partial charge in [0.05, 0.1) is 6.61 Å². The van der Waals surface area contributed by atoms with Gasteiger partial charge in [0.2, 0.25) is 0 Å². The number of hydrogen-bond acceptors (Lipinski definition) is 6. The number of para-hydroxylation sites is 2. The Morgan fingerprint density at radius 3 is 2.23 bits per heavy atom. The summed E-state index contributed by atoms with van der Waals surface area (Å²) in [4.78, 5) is 28.5. The van der Waals surface area contributed by atoms with Gasteiger partial charge in [-0.25, -0.2) is 4.79 Å². The highest BCUT2D eigenvalue weighted by Gasteiger charge is 2.23. The summed E-state index contributed by atoms with van der Waals surface area (Å²) in [5, 5.41) is 0. The van der Waals surface area contributed by atoms with Crippen LogP contribution in [0.25, 0.3) is 0 Å². The van der Waals surface area contributed by atoms with Gasteiger partial charge in [0.15, 0.2) is 24.7 Å². The predicted octanol–water partition coefficient (Wildman–Crippen LogP) is 2.97. The molecule has 1 amide bonds. The maximum absolute atomic E-state index is 12.4. The summed E-state index contributed by atoms with van der Waals surface area (Å²) >= 11 is 0. The van der Waals surface area contributed by atoms with Crippen molar-refractivity contribution in [1.82, 2.24) is 4.90 Å². The number of anilines is 1. The first-order valence-electron chi connectivity index (χ1n) is 10.6. The Kier molecular flexibility index (Phi) is 7.76. The van der Waals surface area contributed by atoms with Crippen LogP contribution < -0.4 is 14.4 Å². The highest BCUT2D eigenvalue weighted by molar-refractivity contribution is 5.81. The largest absolute Gasteiger partial charge is 0.490 e. The molecular formula is C24H30N2O5. The number of benzene rings is 2. The molecule has 1 saturated heterocycles. The number of hydrogen-bond donors (Lipinski definition) is 0. The molecule has 7 heteroatoms. The fourth-order valence-corrected chi connectivity index (χ4v) is 3.53. The van der Waals surface area contributed by atoms with Gasteiger partial charge in [0, 0.05) is 31.9 Å². The summed E-state index contributed by atoms with van der Waals surface area (Å²) in [5.41, 5.74) is 3.74. The van der Waals surface area contributed by atoms with Crippen LogP contribution in [-0.4, -0.2) is 62.8 Å². The number of nitrogens with zero attached hydrogens (tertiary/aromatic N) is 2. The Morgan fingerprint density at radius 2 is 1.55 bits per heavy atom. The number of aryl methyl sites for hydroxylation is 1. The molecule has 0 unspecified atom stereocenters. The van der Waals surface area contributed by atoms with E-state index in [0.29, 0.717) is 31.2 Å². The molecule has 0 spiro atoms. The van der Waals surface area contributed by atoms with E-state index in [0.717, 1.165) is 13.1 Å². The zero-order valence-electron chi connectivity index (χ0n) is 18.4. The van der Waals surface area contributed by atoms with Gasteiger partial charge in [-0.3, -0.25) is 4.79 Å². The number of esters is 1. The first-order chi connectivity index (χ1) is 15.0. The van der Waals surface area contributed by atoms with E-state index >= 15 is 0 Å². The van der Waals surface area contributed by atoms with Crippen LogP contribution in [0.2, 0.25) is 0 Å². The van der Waals surface area contributed by atoms with E-state index in [1.807, 2.05) is 13.0 Å². The van der Waals surface area contributed by atoms with Crippen LogP contribution in [0.5, 0.6) is 11.5 Å². The van der Waals surface area contributed by atoms with Gasteiger partial charge in [0.1, 0.15) is 0 Å². The van der Waals surface area contributed by atoms with E-state index in [4.69, 9.17) is 14.2 Å². The molecule has 1 aliphatic rings. The van der Waals surface area contributed by atoms with Gasteiger partial charge in [-0.1, -0.05) is 24.3 Å². The molecular weight excluding hydrogens is 396 g/mol. The SMILES string of the molecule is CCOc1ccccc1OCC(=O)OCC(=O)N1CCN(c2cccc(C)c2C)CC1. The smallest absolute Gasteiger partial charge is 0.344 e. The standard InChI is InChI=1S/C24H30N2O5/c1-4-29-21-10-5-6-11-22(21)30-17-24(28)31-16-23(27)26-14-12-25(13-15-26)20-9-7-8-18(2)19(20)3/h5-11H,4,12-17H2,1-3H3. The van der Waals surface area contributed by atoms with Gasteiger partial charge in [-0.2, -0.15) is 0 Å². The zero-order chi connectivity index (χ0) is 22.2. The summed E-state index contributed by atoms with van der Waals surface area (Å²) in [7, 11) is 0. The lowest BCUT2D eigenvalue weighted by atomic mass is 10.1. The van der Waals surface area contributed by atoms with Crippen molar-refractivity contribution in [2.75, 3.05) is 50.9 Å². The monoisotopic (exact) mass is 426 g/mol. The maximum atomic E-state index is 12.4. The first kappa shape index (κ1) is 22.5. The van der Waals surface area contributed by atoms with Crippen molar-refractivity contribution in [1.29, 1.82) is 0 Å². The summed E-state index contributed by atoms with van der Waals surface area (Å²) in [6.45, 7) is 8.74. The lowest BCUT2D eigenvalue weighted by Gasteiger charge is -2.37. The Bertz CT molecular complexity index is 907. The number of rotatable bonds is 8. The Hall–Kier alpha value is -3.22. The molecule has 166 valence electrons. The van der Waals surface area contributed by atoms with Crippen LogP contribution in [0.1, 0.15) is 18.1 Å².